The fourth-order valence-electron chi connectivity index (χ4n) is 4.07. The monoisotopic (exact) mass is 589 g/mol. The molecule has 2 saturated heterocycles. The first kappa shape index (κ1) is 24.4. The number of rotatable bonds is 5. The highest BCUT2D eigenvalue weighted by Crippen LogP contribution is 2.42. The van der Waals surface area contributed by atoms with Crippen LogP contribution >= 0.6 is 30.3 Å². The molecule has 33 heavy (non-hydrogen) atoms. The molecule has 0 radical (unpaired) electrons. The van der Waals surface area contributed by atoms with Gasteiger partial charge in [-0.3, -0.25) is 3.97 Å². The summed E-state index contributed by atoms with van der Waals surface area (Å²) in [6.45, 7) is 7.03. The first-order valence-corrected chi connectivity index (χ1v) is 13.9. The van der Waals surface area contributed by atoms with Crippen LogP contribution < -0.4 is 4.90 Å². The second-order valence-electron chi connectivity index (χ2n) is 9.45. The summed E-state index contributed by atoms with van der Waals surface area (Å²) in [6, 6.07) is 5.65. The maximum Gasteiger partial charge on any atom is 0.410 e. The molecule has 4 rings (SSSR count). The average molecular weight is 589 g/mol. The second-order valence-corrected chi connectivity index (χ2v) is 11.1. The van der Waals surface area contributed by atoms with E-state index in [4.69, 9.17) is 14.2 Å². The van der Waals surface area contributed by atoms with Crippen molar-refractivity contribution in [2.75, 3.05) is 45.4 Å². The van der Waals surface area contributed by atoms with Crippen molar-refractivity contribution < 1.29 is 28.9 Å². The average Bonchev–Trinajstić information content (AvgIpc) is 3.08. The Kier molecular flexibility index (Phi) is 6.53. The smallest absolute Gasteiger partial charge is 0.410 e. The standard InChI is InChI=1S/C22H28IN3O6S/c1-21(2,3)32-20(28)25-9-13(10-25)24(4)16-7-6-14(19(27)30-5)18-15(16)8-17(26(18)33-23)22(29)11-31-12-22/h6-8,13,29H,9-12H2,1-5H3. The molecule has 0 spiro atoms. The minimum absolute atomic E-state index is 0.0962. The minimum Gasteiger partial charge on any atom is -0.465 e. The number of hydrogen-bond donors (Lipinski definition) is 1. The van der Waals surface area contributed by atoms with Crippen LogP contribution in [0.2, 0.25) is 0 Å². The van der Waals surface area contributed by atoms with Gasteiger partial charge in [0.15, 0.2) is 5.60 Å². The number of carbonyl (C=O) groups is 2. The molecule has 0 bridgehead atoms. The van der Waals surface area contributed by atoms with Crippen molar-refractivity contribution >= 4 is 59.0 Å². The van der Waals surface area contributed by atoms with Crippen LogP contribution in [0.15, 0.2) is 18.2 Å². The molecule has 2 fully saturated rings. The Morgan fingerprint density at radius 3 is 2.48 bits per heavy atom. The SMILES string of the molecule is COC(=O)c1ccc(N(C)C2CN(C(=O)OC(C)(C)C)C2)c2cc(C3(O)COC3)n(SI)c12. The zero-order valence-electron chi connectivity index (χ0n) is 19.3. The van der Waals surface area contributed by atoms with Crippen molar-refractivity contribution in [3.8, 4) is 0 Å². The van der Waals surface area contributed by atoms with Crippen LogP contribution in [0.25, 0.3) is 10.9 Å². The highest BCUT2D eigenvalue weighted by Gasteiger charge is 2.43. The van der Waals surface area contributed by atoms with Crippen LogP contribution in [-0.2, 0) is 19.8 Å². The number of amides is 1. The number of fused-ring (bicyclic) bond motifs is 1. The fraction of sp³-hybridized carbons (Fsp3) is 0.545. The number of likely N-dealkylation sites (tertiary alicyclic amines) is 1. The molecule has 1 aromatic heterocycles. The summed E-state index contributed by atoms with van der Waals surface area (Å²) in [5.41, 5.74) is 1.05. The van der Waals surface area contributed by atoms with E-state index in [1.165, 1.54) is 16.2 Å². The molecule has 3 heterocycles. The molecule has 1 amide bonds. The van der Waals surface area contributed by atoms with E-state index in [9.17, 15) is 14.7 Å². The van der Waals surface area contributed by atoms with E-state index in [0.717, 1.165) is 11.1 Å². The Morgan fingerprint density at radius 2 is 1.97 bits per heavy atom. The Hall–Kier alpha value is -1.70. The van der Waals surface area contributed by atoms with Crippen LogP contribution in [0.4, 0.5) is 10.5 Å². The fourth-order valence-corrected chi connectivity index (χ4v) is 5.86. The van der Waals surface area contributed by atoms with Gasteiger partial charge in [-0.15, -0.1) is 0 Å². The normalized spacial score (nSPS) is 18.0. The van der Waals surface area contributed by atoms with Crippen LogP contribution in [0, 0.1) is 0 Å². The van der Waals surface area contributed by atoms with Gasteiger partial charge >= 0.3 is 12.1 Å². The molecular weight excluding hydrogens is 561 g/mol. The Balaban J connectivity index is 1.69. The highest BCUT2D eigenvalue weighted by atomic mass is 127. The van der Waals surface area contributed by atoms with E-state index in [-0.39, 0.29) is 25.3 Å². The van der Waals surface area contributed by atoms with E-state index in [1.54, 1.807) is 11.0 Å². The van der Waals surface area contributed by atoms with E-state index in [0.29, 0.717) is 29.9 Å². The molecule has 1 aromatic carbocycles. The number of anilines is 1. The van der Waals surface area contributed by atoms with Crippen LogP contribution in [0.5, 0.6) is 0 Å². The molecule has 11 heteroatoms. The quantitative estimate of drug-likeness (QED) is 0.419. The summed E-state index contributed by atoms with van der Waals surface area (Å²) in [5.74, 6) is -0.442. The lowest BCUT2D eigenvalue weighted by atomic mass is 9.97. The number of carbonyl (C=O) groups excluding carboxylic acids is 2. The van der Waals surface area contributed by atoms with Crippen molar-refractivity contribution in [2.24, 2.45) is 0 Å². The van der Waals surface area contributed by atoms with E-state index in [1.807, 2.05) is 43.9 Å². The number of esters is 1. The predicted octanol–water partition coefficient (Wildman–Crippen LogP) is 3.55. The van der Waals surface area contributed by atoms with Gasteiger partial charge in [-0.25, -0.2) is 9.59 Å². The lowest BCUT2D eigenvalue weighted by molar-refractivity contribution is -0.186. The van der Waals surface area contributed by atoms with Crippen LogP contribution in [0.1, 0.15) is 36.8 Å². The number of halogens is 1. The number of benzene rings is 1. The number of methoxy groups -OCH3 is 1. The molecule has 0 saturated carbocycles. The second kappa shape index (κ2) is 8.82. The number of ether oxygens (including phenoxy) is 3. The molecule has 1 N–H and O–H groups in total. The van der Waals surface area contributed by atoms with Gasteiger partial charge in [-0.2, -0.15) is 0 Å². The topological polar surface area (TPSA) is 93.5 Å². The maximum absolute atomic E-state index is 12.5. The maximum atomic E-state index is 12.5. The minimum atomic E-state index is -1.11. The van der Waals surface area contributed by atoms with Gasteiger partial charge in [0.1, 0.15) is 5.60 Å². The van der Waals surface area contributed by atoms with Gasteiger partial charge in [0.05, 0.1) is 43.1 Å². The number of nitrogens with zero attached hydrogens (tertiary/aromatic N) is 3. The Labute approximate surface area is 209 Å². The van der Waals surface area contributed by atoms with Crippen LogP contribution in [-0.4, -0.2) is 78.1 Å². The van der Waals surface area contributed by atoms with Crippen molar-refractivity contribution in [1.82, 2.24) is 8.87 Å². The van der Waals surface area contributed by atoms with Crippen molar-refractivity contribution in [3.63, 3.8) is 0 Å². The first-order valence-electron chi connectivity index (χ1n) is 10.6. The molecular formula is C22H28IN3O6S. The third-order valence-corrected chi connectivity index (χ3v) is 7.67. The van der Waals surface area contributed by atoms with Crippen LogP contribution in [0.3, 0.4) is 0 Å². The third-order valence-electron chi connectivity index (χ3n) is 5.97. The Bertz CT molecular complexity index is 1090. The molecule has 180 valence electrons. The molecule has 0 atom stereocenters. The number of likely N-dealkylation sites (N-methyl/N-ethyl adjacent to an activating group) is 1. The summed E-state index contributed by atoms with van der Waals surface area (Å²) >= 11 is 2.14. The third kappa shape index (κ3) is 4.40. The highest BCUT2D eigenvalue weighted by molar-refractivity contribution is 14.2. The van der Waals surface area contributed by atoms with Gasteiger partial charge in [0.25, 0.3) is 0 Å². The van der Waals surface area contributed by atoms with E-state index in [2.05, 4.69) is 26.1 Å². The summed E-state index contributed by atoms with van der Waals surface area (Å²) < 4.78 is 17.6. The van der Waals surface area contributed by atoms with Gasteiger partial charge in [-0.1, -0.05) is 0 Å². The van der Waals surface area contributed by atoms with Crippen molar-refractivity contribution in [2.45, 2.75) is 38.0 Å². The molecule has 2 aliphatic rings. The zero-order chi connectivity index (χ0) is 24.1. The zero-order valence-corrected chi connectivity index (χ0v) is 22.2. The van der Waals surface area contributed by atoms with Gasteiger partial charge in [0.2, 0.25) is 0 Å². The molecule has 0 aliphatic carbocycles. The molecule has 2 aromatic rings. The lowest BCUT2D eigenvalue weighted by Crippen LogP contribution is -2.61. The number of aliphatic hydroxyl groups is 1. The summed E-state index contributed by atoms with van der Waals surface area (Å²) in [6.07, 6.45) is -0.319. The Morgan fingerprint density at radius 1 is 1.30 bits per heavy atom. The predicted molar refractivity (Wildman–Crippen MR) is 135 cm³/mol. The molecule has 2 aliphatic heterocycles. The lowest BCUT2D eigenvalue weighted by Gasteiger charge is -2.45. The largest absolute Gasteiger partial charge is 0.465 e. The summed E-state index contributed by atoms with van der Waals surface area (Å²) in [5, 5.41) is 11.8. The summed E-state index contributed by atoms with van der Waals surface area (Å²) in [4.78, 5) is 28.7. The molecule has 9 nitrogen and oxygen atoms in total. The number of hydrogen-bond acceptors (Lipinski definition) is 8. The number of aromatic nitrogens is 1. The van der Waals surface area contributed by atoms with E-state index >= 15 is 0 Å². The first-order chi connectivity index (χ1) is 15.5. The van der Waals surface area contributed by atoms with Crippen molar-refractivity contribution in [3.05, 3.63) is 29.5 Å². The van der Waals surface area contributed by atoms with Gasteiger partial charge in [0, 0.05) is 61.5 Å². The van der Waals surface area contributed by atoms with Gasteiger partial charge < -0.3 is 29.1 Å². The molecule has 0 unspecified atom stereocenters. The summed E-state index contributed by atoms with van der Waals surface area (Å²) in [7, 11) is 4.71. The van der Waals surface area contributed by atoms with Gasteiger partial charge in [-0.05, 0) is 39.0 Å². The van der Waals surface area contributed by atoms with Crippen molar-refractivity contribution in [1.29, 1.82) is 0 Å². The van der Waals surface area contributed by atoms with E-state index < -0.39 is 17.2 Å².